The fraction of sp³-hybridized carbons (Fsp3) is 0.310. The molecule has 2 aromatic rings. The van der Waals surface area contributed by atoms with Crippen molar-refractivity contribution >= 4 is 33.3 Å². The smallest absolute Gasteiger partial charge is 0.380 e. The van der Waals surface area contributed by atoms with Crippen LogP contribution in [-0.4, -0.2) is 41.5 Å². The molecule has 2 atom stereocenters. The van der Waals surface area contributed by atoms with Crippen LogP contribution in [0.3, 0.4) is 0 Å². The topological polar surface area (TPSA) is 18.5 Å². The van der Waals surface area contributed by atoms with Crippen molar-refractivity contribution < 1.29 is 35.8 Å². The molecule has 10 heteroatoms. The van der Waals surface area contributed by atoms with E-state index < -0.39 is 38.4 Å². The molecule has 0 N–H and O–H groups in total. The predicted octanol–water partition coefficient (Wildman–Crippen LogP) is 8.62. The minimum Gasteiger partial charge on any atom is -0.497 e. The number of halogens is 6. The van der Waals surface area contributed by atoms with Gasteiger partial charge in [0.1, 0.15) is 11.5 Å². The van der Waals surface area contributed by atoms with Crippen LogP contribution in [0.4, 0.5) is 26.3 Å². The fourth-order valence-corrected chi connectivity index (χ4v) is 8.85. The highest BCUT2D eigenvalue weighted by atomic mass is 32.2. The van der Waals surface area contributed by atoms with E-state index in [1.165, 1.54) is 49.9 Å². The number of rotatable bonds is 4. The molecule has 1 fully saturated rings. The molecular formula is C29H22F6O2S2. The van der Waals surface area contributed by atoms with Gasteiger partial charge in [-0.1, -0.05) is 24.3 Å². The van der Waals surface area contributed by atoms with Crippen LogP contribution in [-0.2, 0) is 0 Å². The summed E-state index contributed by atoms with van der Waals surface area (Å²) in [7, 11) is 3.01. The van der Waals surface area contributed by atoms with Crippen molar-refractivity contribution in [3.05, 3.63) is 94.1 Å². The molecule has 0 unspecified atom stereocenters. The summed E-state index contributed by atoms with van der Waals surface area (Å²) in [4.78, 5) is 1.05. The highest BCUT2D eigenvalue weighted by molar-refractivity contribution is 8.14. The molecule has 4 aliphatic rings. The Bertz CT molecular complexity index is 1410. The molecule has 2 heterocycles. The van der Waals surface area contributed by atoms with Crippen LogP contribution in [0.5, 0.6) is 11.5 Å². The van der Waals surface area contributed by atoms with E-state index in [-0.39, 0.29) is 11.1 Å². The average Bonchev–Trinajstić information content (AvgIpc) is 3.48. The van der Waals surface area contributed by atoms with Gasteiger partial charge in [-0.2, -0.15) is 26.3 Å². The minimum atomic E-state index is -5.58. The summed E-state index contributed by atoms with van der Waals surface area (Å²) in [5.41, 5.74) is -1.64. The summed E-state index contributed by atoms with van der Waals surface area (Å²) in [6.07, 6.45) is 2.75. The Morgan fingerprint density at radius 2 is 0.897 bits per heavy atom. The van der Waals surface area contributed by atoms with Crippen LogP contribution in [0, 0.1) is 0 Å². The maximum atomic E-state index is 15.5. The van der Waals surface area contributed by atoms with Gasteiger partial charge in [0, 0.05) is 21.0 Å². The van der Waals surface area contributed by atoms with E-state index in [1.54, 1.807) is 62.4 Å². The molecule has 2 aliphatic heterocycles. The first kappa shape index (κ1) is 26.5. The van der Waals surface area contributed by atoms with E-state index in [4.69, 9.17) is 9.47 Å². The number of allylic oxidation sites excluding steroid dienone is 4. The number of alkyl halides is 6. The van der Waals surface area contributed by atoms with Crippen molar-refractivity contribution in [1.82, 2.24) is 0 Å². The maximum Gasteiger partial charge on any atom is 0.380 e. The summed E-state index contributed by atoms with van der Waals surface area (Å²) >= 11 is 2.45. The van der Waals surface area contributed by atoms with Crippen LogP contribution in [0.1, 0.15) is 25.0 Å². The van der Waals surface area contributed by atoms with E-state index in [9.17, 15) is 8.78 Å². The molecule has 1 saturated carbocycles. The first-order valence-corrected chi connectivity index (χ1v) is 13.6. The lowest BCUT2D eigenvalue weighted by molar-refractivity contribution is -0.258. The van der Waals surface area contributed by atoms with Crippen LogP contribution in [0.25, 0.3) is 9.81 Å². The summed E-state index contributed by atoms with van der Waals surface area (Å²) in [5, 5.41) is 0. The average molecular weight is 581 g/mol. The van der Waals surface area contributed by atoms with Crippen molar-refractivity contribution in [2.45, 2.75) is 41.1 Å². The van der Waals surface area contributed by atoms with Gasteiger partial charge in [0.05, 0.1) is 23.7 Å². The lowest BCUT2D eigenvalue weighted by Gasteiger charge is -2.47. The first-order valence-electron chi connectivity index (χ1n) is 12.0. The molecular weight excluding hydrogens is 558 g/mol. The van der Waals surface area contributed by atoms with Crippen LogP contribution < -0.4 is 9.47 Å². The Morgan fingerprint density at radius 1 is 0.564 bits per heavy atom. The van der Waals surface area contributed by atoms with Crippen molar-refractivity contribution in [2.24, 2.45) is 0 Å². The Labute approximate surface area is 229 Å². The molecule has 0 spiro atoms. The molecule has 6 rings (SSSR count). The second-order valence-electron chi connectivity index (χ2n) is 10.0. The van der Waals surface area contributed by atoms with Crippen molar-refractivity contribution in [1.29, 1.82) is 0 Å². The van der Waals surface area contributed by atoms with E-state index in [1.807, 2.05) is 0 Å². The van der Waals surface area contributed by atoms with Gasteiger partial charge in [0.15, 0.2) is 0 Å². The number of benzene rings is 2. The Kier molecular flexibility index (Phi) is 5.54. The molecule has 0 bridgehead atoms. The summed E-state index contributed by atoms with van der Waals surface area (Å²) in [6.45, 7) is 3.35. The van der Waals surface area contributed by atoms with Gasteiger partial charge in [-0.25, -0.2) is 0 Å². The standard InChI is InChI=1S/C29H22F6O2S2/c1-25-19(13-21(38-25)15-5-9-17(36-3)10-6-15)23-24(28(32,33)29(34,35)27(23,30)31)20-14-22(39-26(20,25)2)16-7-11-18(37-4)12-8-16/h5-14H,1-4H3/t25-,26-/m1/s1. The van der Waals surface area contributed by atoms with Gasteiger partial charge in [-0.3, -0.25) is 0 Å². The van der Waals surface area contributed by atoms with Crippen molar-refractivity contribution in [3.8, 4) is 11.5 Å². The zero-order valence-electron chi connectivity index (χ0n) is 21.2. The number of thioether (sulfide) groups is 2. The monoisotopic (exact) mass is 580 g/mol. The Balaban J connectivity index is 1.60. The summed E-state index contributed by atoms with van der Waals surface area (Å²) < 4.78 is 99.5. The number of hydrogen-bond donors (Lipinski definition) is 0. The molecule has 2 aliphatic carbocycles. The van der Waals surface area contributed by atoms with Gasteiger partial charge in [-0.15, -0.1) is 23.5 Å². The number of fused-ring (bicyclic) bond motifs is 4. The molecule has 204 valence electrons. The Morgan fingerprint density at radius 3 is 1.21 bits per heavy atom. The third kappa shape index (κ3) is 3.21. The van der Waals surface area contributed by atoms with E-state index in [0.29, 0.717) is 32.4 Å². The summed E-state index contributed by atoms with van der Waals surface area (Å²) in [6, 6.07) is 13.6. The van der Waals surface area contributed by atoms with Gasteiger partial charge < -0.3 is 9.47 Å². The quantitative estimate of drug-likeness (QED) is 0.337. The van der Waals surface area contributed by atoms with Crippen LogP contribution in [0.2, 0.25) is 0 Å². The van der Waals surface area contributed by atoms with Crippen molar-refractivity contribution in [2.75, 3.05) is 14.2 Å². The van der Waals surface area contributed by atoms with E-state index in [2.05, 4.69) is 0 Å². The predicted molar refractivity (Wildman–Crippen MR) is 143 cm³/mol. The lowest BCUT2D eigenvalue weighted by Crippen LogP contribution is -2.48. The molecule has 2 nitrogen and oxygen atoms in total. The highest BCUT2D eigenvalue weighted by Gasteiger charge is 2.84. The fourth-order valence-electron chi connectivity index (χ4n) is 5.70. The third-order valence-electron chi connectivity index (χ3n) is 8.07. The number of hydrogen-bond acceptors (Lipinski definition) is 4. The number of ether oxygens (including phenoxy) is 2. The maximum absolute atomic E-state index is 15.5. The lowest BCUT2D eigenvalue weighted by atomic mass is 9.71. The van der Waals surface area contributed by atoms with Crippen molar-refractivity contribution in [3.63, 3.8) is 0 Å². The molecule has 0 radical (unpaired) electrons. The molecule has 2 aromatic carbocycles. The normalized spacial score (nSPS) is 29.5. The zero-order chi connectivity index (χ0) is 28.2. The van der Waals surface area contributed by atoms with Gasteiger partial charge in [0.2, 0.25) is 0 Å². The molecule has 0 saturated heterocycles. The summed E-state index contributed by atoms with van der Waals surface area (Å²) in [5.74, 6) is -14.6. The van der Waals surface area contributed by atoms with Gasteiger partial charge in [0.25, 0.3) is 0 Å². The molecule has 0 amide bonds. The third-order valence-corrected chi connectivity index (χ3v) is 11.4. The minimum absolute atomic E-state index is 0.196. The molecule has 0 aromatic heterocycles. The highest BCUT2D eigenvalue weighted by Crippen LogP contribution is 2.75. The number of methoxy groups -OCH3 is 2. The van der Waals surface area contributed by atoms with Gasteiger partial charge in [-0.05, 0) is 72.5 Å². The first-order chi connectivity index (χ1) is 18.2. The van der Waals surface area contributed by atoms with Crippen LogP contribution >= 0.6 is 23.5 Å². The Hall–Kier alpha value is -2.72. The van der Waals surface area contributed by atoms with E-state index in [0.717, 1.165) is 0 Å². The largest absolute Gasteiger partial charge is 0.497 e. The zero-order valence-corrected chi connectivity index (χ0v) is 22.8. The molecule has 39 heavy (non-hydrogen) atoms. The van der Waals surface area contributed by atoms with E-state index >= 15 is 17.6 Å². The SMILES string of the molecule is COc1ccc(C2=CC3=C4C(=C5C=C(c6ccc(OC)cc6)S[C@@]5(C)[C@]3(C)S2)C(F)(F)C(F)(F)C4(F)F)cc1. The van der Waals surface area contributed by atoms with Crippen LogP contribution in [0.15, 0.2) is 83.0 Å². The second-order valence-corrected chi connectivity index (χ2v) is 13.0. The van der Waals surface area contributed by atoms with Gasteiger partial charge >= 0.3 is 17.8 Å². The second kappa shape index (κ2) is 8.16.